The minimum Gasteiger partial charge on any atom is -0.368 e. The molecule has 2 aromatic heterocycles. The summed E-state index contributed by atoms with van der Waals surface area (Å²) in [5, 5.41) is 3.90. The molecular weight excluding hydrogens is 364 g/mol. The van der Waals surface area contributed by atoms with Gasteiger partial charge in [-0.15, -0.1) is 0 Å². The molecule has 0 amide bonds. The second-order valence-electron chi connectivity index (χ2n) is 6.89. The molecule has 1 aliphatic rings. The number of nitrogens with zero attached hydrogens (tertiary/aromatic N) is 3. The Kier molecular flexibility index (Phi) is 5.58. The van der Waals surface area contributed by atoms with E-state index in [1.165, 1.54) is 24.9 Å². The zero-order chi connectivity index (χ0) is 20.1. The third-order valence-corrected chi connectivity index (χ3v) is 4.98. The molecule has 7 nitrogen and oxygen atoms in total. The number of hydrogen-bond acceptors (Lipinski definition) is 6. The zero-order valence-electron chi connectivity index (χ0n) is 15.9. The summed E-state index contributed by atoms with van der Waals surface area (Å²) in [5.41, 5.74) is 9.05. The number of benzene rings is 2. The molecule has 0 saturated carbocycles. The van der Waals surface area contributed by atoms with Gasteiger partial charge in [-0.1, -0.05) is 36.4 Å². The lowest BCUT2D eigenvalue weighted by Crippen LogP contribution is -2.07. The van der Waals surface area contributed by atoms with Gasteiger partial charge in [-0.05, 0) is 42.1 Å². The predicted octanol–water partition coefficient (Wildman–Crippen LogP) is 2.73. The number of nitrogen functional groups attached to an aromatic ring is 1. The molecule has 1 atom stereocenters. The van der Waals surface area contributed by atoms with Crippen LogP contribution in [0.2, 0.25) is 0 Å². The van der Waals surface area contributed by atoms with Gasteiger partial charge in [0, 0.05) is 24.5 Å². The Morgan fingerprint density at radius 3 is 2.48 bits per heavy atom. The summed E-state index contributed by atoms with van der Waals surface area (Å²) in [6.07, 6.45) is 5.92. The maximum Gasteiger partial charge on any atom is 0.258 e. The summed E-state index contributed by atoms with van der Waals surface area (Å²) in [5.74, 6) is 0.982. The van der Waals surface area contributed by atoms with Gasteiger partial charge in [0.2, 0.25) is 5.95 Å². The molecule has 2 aromatic carbocycles. The normalized spacial score (nSPS) is 15.7. The first-order valence-corrected chi connectivity index (χ1v) is 9.52. The number of aromatic nitrogens is 4. The van der Waals surface area contributed by atoms with Crippen molar-refractivity contribution >= 4 is 16.9 Å². The summed E-state index contributed by atoms with van der Waals surface area (Å²) in [6.45, 7) is 2.34. The van der Waals surface area contributed by atoms with E-state index in [4.69, 9.17) is 5.73 Å². The van der Waals surface area contributed by atoms with Gasteiger partial charge in [-0.2, -0.15) is 0 Å². The third kappa shape index (κ3) is 4.47. The van der Waals surface area contributed by atoms with Crippen molar-refractivity contribution in [3.05, 3.63) is 83.2 Å². The van der Waals surface area contributed by atoms with Crippen LogP contribution in [0.5, 0.6) is 0 Å². The Morgan fingerprint density at radius 1 is 0.966 bits per heavy atom. The largest absolute Gasteiger partial charge is 0.368 e. The van der Waals surface area contributed by atoms with Gasteiger partial charge in [-0.25, -0.2) is 15.0 Å². The first-order valence-electron chi connectivity index (χ1n) is 9.52. The second-order valence-corrected chi connectivity index (χ2v) is 6.89. The van der Waals surface area contributed by atoms with Crippen LogP contribution >= 0.6 is 0 Å². The lowest BCUT2D eigenvalue weighted by Gasteiger charge is -2.06. The molecule has 3 heterocycles. The maximum atomic E-state index is 11.7. The number of rotatable bonds is 2. The predicted molar refractivity (Wildman–Crippen MR) is 114 cm³/mol. The minimum absolute atomic E-state index is 0.168. The average molecular weight is 386 g/mol. The monoisotopic (exact) mass is 386 g/mol. The van der Waals surface area contributed by atoms with Gasteiger partial charge in [0.1, 0.15) is 0 Å². The van der Waals surface area contributed by atoms with Crippen molar-refractivity contribution in [2.45, 2.75) is 12.3 Å². The lowest BCUT2D eigenvalue weighted by atomic mass is 9.99. The van der Waals surface area contributed by atoms with Crippen molar-refractivity contribution in [3.63, 3.8) is 0 Å². The summed E-state index contributed by atoms with van der Waals surface area (Å²) >= 11 is 0. The molecular formula is C22H22N6O. The molecule has 1 aliphatic heterocycles. The molecule has 7 heteroatoms. The van der Waals surface area contributed by atoms with E-state index >= 15 is 0 Å². The van der Waals surface area contributed by atoms with Crippen LogP contribution in [0, 0.1) is 0 Å². The van der Waals surface area contributed by atoms with Crippen LogP contribution in [0.15, 0.2) is 72.0 Å². The summed E-state index contributed by atoms with van der Waals surface area (Å²) < 4.78 is 0. The van der Waals surface area contributed by atoms with E-state index in [2.05, 4.69) is 55.6 Å². The topological polar surface area (TPSA) is 110 Å². The quantitative estimate of drug-likeness (QED) is 0.489. The van der Waals surface area contributed by atoms with E-state index in [-0.39, 0.29) is 11.5 Å². The van der Waals surface area contributed by atoms with E-state index in [9.17, 15) is 4.79 Å². The lowest BCUT2D eigenvalue weighted by molar-refractivity contribution is 0.763. The number of fused-ring (bicyclic) bond motifs is 1. The summed E-state index contributed by atoms with van der Waals surface area (Å²) in [4.78, 5) is 26.1. The van der Waals surface area contributed by atoms with Gasteiger partial charge in [0.25, 0.3) is 5.56 Å². The van der Waals surface area contributed by atoms with E-state index in [1.807, 2.05) is 6.07 Å². The van der Waals surface area contributed by atoms with Gasteiger partial charge >= 0.3 is 0 Å². The Bertz CT molecular complexity index is 1140. The molecule has 4 N–H and O–H groups in total. The number of nitrogens with two attached hydrogens (primary N) is 1. The first-order chi connectivity index (χ1) is 14.2. The van der Waals surface area contributed by atoms with Gasteiger partial charge in [0.15, 0.2) is 0 Å². The average Bonchev–Trinajstić information content (AvgIpc) is 3.31. The Labute approximate surface area is 168 Å². The van der Waals surface area contributed by atoms with Crippen LogP contribution in [-0.4, -0.2) is 33.0 Å². The van der Waals surface area contributed by atoms with Crippen molar-refractivity contribution in [2.75, 3.05) is 18.8 Å². The Morgan fingerprint density at radius 2 is 1.76 bits per heavy atom. The van der Waals surface area contributed by atoms with Crippen molar-refractivity contribution in [2.24, 2.45) is 0 Å². The van der Waals surface area contributed by atoms with E-state index in [0.717, 1.165) is 23.6 Å². The molecule has 0 radical (unpaired) electrons. The van der Waals surface area contributed by atoms with Crippen molar-refractivity contribution in [1.82, 2.24) is 25.3 Å². The van der Waals surface area contributed by atoms with Crippen LogP contribution in [0.1, 0.15) is 17.9 Å². The first kappa shape index (κ1) is 18.8. The molecule has 1 fully saturated rings. The van der Waals surface area contributed by atoms with Crippen molar-refractivity contribution in [3.8, 4) is 11.1 Å². The smallest absolute Gasteiger partial charge is 0.258 e. The van der Waals surface area contributed by atoms with Gasteiger partial charge in [-0.3, -0.25) is 4.79 Å². The standard InChI is InChI=1S/C12H9N5O.C10H13N/c13-12-14-4-8(5-15-12)7-1-2-10-9(3-7)11(18)17-6-16-10;1-2-4-9(5-3-1)10-6-7-11-8-10/h1-6H,(H2,13,14,15)(H,16,17,18);1-5,10-11H,6-8H2. The molecule has 29 heavy (non-hydrogen) atoms. The van der Waals surface area contributed by atoms with E-state index in [1.54, 1.807) is 24.5 Å². The van der Waals surface area contributed by atoms with Crippen LogP contribution in [0.4, 0.5) is 5.95 Å². The summed E-state index contributed by atoms with van der Waals surface area (Å²) in [6, 6.07) is 16.2. The van der Waals surface area contributed by atoms with Gasteiger partial charge < -0.3 is 16.0 Å². The Hall–Kier alpha value is -3.58. The molecule has 0 bridgehead atoms. The fraction of sp³-hybridized carbons (Fsp3) is 0.182. The minimum atomic E-state index is -0.168. The molecule has 1 saturated heterocycles. The highest BCUT2D eigenvalue weighted by Gasteiger charge is 2.15. The van der Waals surface area contributed by atoms with E-state index in [0.29, 0.717) is 10.9 Å². The molecule has 5 rings (SSSR count). The van der Waals surface area contributed by atoms with Crippen LogP contribution in [-0.2, 0) is 0 Å². The fourth-order valence-corrected chi connectivity index (χ4v) is 3.40. The highest BCUT2D eigenvalue weighted by molar-refractivity contribution is 5.83. The Balaban J connectivity index is 0.000000159. The van der Waals surface area contributed by atoms with Gasteiger partial charge in [0.05, 0.1) is 17.2 Å². The van der Waals surface area contributed by atoms with Crippen molar-refractivity contribution < 1.29 is 0 Å². The number of H-pyrrole nitrogens is 1. The van der Waals surface area contributed by atoms with Crippen LogP contribution < -0.4 is 16.6 Å². The maximum absolute atomic E-state index is 11.7. The molecule has 146 valence electrons. The van der Waals surface area contributed by atoms with Crippen LogP contribution in [0.3, 0.4) is 0 Å². The highest BCUT2D eigenvalue weighted by atomic mass is 16.1. The summed E-state index contributed by atoms with van der Waals surface area (Å²) in [7, 11) is 0. The molecule has 0 spiro atoms. The molecule has 4 aromatic rings. The zero-order valence-corrected chi connectivity index (χ0v) is 15.9. The number of aromatic amines is 1. The van der Waals surface area contributed by atoms with Crippen molar-refractivity contribution in [1.29, 1.82) is 0 Å². The second kappa shape index (κ2) is 8.62. The number of nitrogens with one attached hydrogen (secondary N) is 2. The van der Waals surface area contributed by atoms with Crippen LogP contribution in [0.25, 0.3) is 22.0 Å². The SMILES string of the molecule is Nc1ncc(-c2ccc3nc[nH]c(=O)c3c2)cn1.c1ccc(C2CCNC2)cc1. The fourth-order valence-electron chi connectivity index (χ4n) is 3.40. The number of anilines is 1. The number of hydrogen-bond donors (Lipinski definition) is 3. The third-order valence-electron chi connectivity index (χ3n) is 4.98. The van der Waals surface area contributed by atoms with E-state index < -0.39 is 0 Å². The molecule has 0 aliphatic carbocycles. The highest BCUT2D eigenvalue weighted by Crippen LogP contribution is 2.21. The molecule has 1 unspecified atom stereocenters.